The lowest BCUT2D eigenvalue weighted by Gasteiger charge is -2.08. The number of carbonyl (C=O) groups is 1. The summed E-state index contributed by atoms with van der Waals surface area (Å²) in [6, 6.07) is 5.52. The summed E-state index contributed by atoms with van der Waals surface area (Å²) in [6.45, 7) is 0. The zero-order valence-electron chi connectivity index (χ0n) is 9.78. The average molecular weight is 247 g/mol. The van der Waals surface area contributed by atoms with Gasteiger partial charge in [-0.05, 0) is 17.7 Å². The highest BCUT2D eigenvalue weighted by Gasteiger charge is 2.14. The van der Waals surface area contributed by atoms with Crippen molar-refractivity contribution in [2.45, 2.75) is 6.04 Å². The van der Waals surface area contributed by atoms with Crippen LogP contribution in [0.15, 0.2) is 41.5 Å². The third-order valence-electron chi connectivity index (χ3n) is 2.72. The van der Waals surface area contributed by atoms with E-state index in [0.717, 1.165) is 0 Å². The van der Waals surface area contributed by atoms with Crippen LogP contribution in [-0.4, -0.2) is 20.2 Å². The molecule has 0 aliphatic heterocycles. The summed E-state index contributed by atoms with van der Waals surface area (Å²) in [5, 5.41) is 8.86. The number of imidazole rings is 1. The lowest BCUT2D eigenvalue weighted by Crippen LogP contribution is -2.22. The van der Waals surface area contributed by atoms with Gasteiger partial charge in [0, 0.05) is 19.4 Å². The van der Waals surface area contributed by atoms with E-state index in [9.17, 15) is 9.59 Å². The molecule has 0 aliphatic rings. The Hall–Kier alpha value is -2.34. The number of nitrogens with zero attached hydrogens (tertiary/aromatic N) is 2. The Morgan fingerprint density at radius 2 is 2.11 bits per heavy atom. The van der Waals surface area contributed by atoms with Gasteiger partial charge in [0.15, 0.2) is 0 Å². The van der Waals surface area contributed by atoms with Crippen LogP contribution in [0.3, 0.4) is 0 Å². The molecule has 0 aliphatic carbocycles. The van der Waals surface area contributed by atoms with Gasteiger partial charge in [-0.3, -0.25) is 9.36 Å². The van der Waals surface area contributed by atoms with Crippen molar-refractivity contribution in [3.8, 4) is 5.69 Å². The number of carboxylic acid groups (broad SMARTS) is 1. The molecule has 2 aromatic rings. The Balaban J connectivity index is 2.48. The fraction of sp³-hybridized carbons (Fsp3) is 0.167. The van der Waals surface area contributed by atoms with Crippen LogP contribution in [0.1, 0.15) is 11.6 Å². The molecule has 1 aromatic heterocycles. The number of nitrogens with two attached hydrogens (primary N) is 1. The fourth-order valence-electron chi connectivity index (χ4n) is 1.67. The molecule has 1 heterocycles. The van der Waals surface area contributed by atoms with Crippen molar-refractivity contribution >= 4 is 5.97 Å². The fourth-order valence-corrected chi connectivity index (χ4v) is 1.67. The number of aromatic nitrogens is 2. The highest BCUT2D eigenvalue weighted by molar-refractivity contribution is 5.75. The molecule has 18 heavy (non-hydrogen) atoms. The summed E-state index contributed by atoms with van der Waals surface area (Å²) in [4.78, 5) is 22.6. The molecule has 0 amide bonds. The summed E-state index contributed by atoms with van der Waals surface area (Å²) in [7, 11) is 1.64. The maximum absolute atomic E-state index is 11.8. The second-order valence-electron chi connectivity index (χ2n) is 3.97. The van der Waals surface area contributed by atoms with Gasteiger partial charge in [0.2, 0.25) is 0 Å². The molecule has 3 N–H and O–H groups in total. The maximum atomic E-state index is 11.8. The van der Waals surface area contributed by atoms with Crippen molar-refractivity contribution in [2.24, 2.45) is 12.8 Å². The Kier molecular flexibility index (Phi) is 3.03. The molecule has 2 rings (SSSR count). The number of rotatable bonds is 3. The van der Waals surface area contributed by atoms with Crippen molar-refractivity contribution in [1.82, 2.24) is 9.13 Å². The standard InChI is InChI=1S/C12H13N3O3/c1-14-5-6-15(12(14)18)9-4-2-3-8(7-9)10(13)11(16)17/h2-7,10H,13H2,1H3,(H,16,17). The van der Waals surface area contributed by atoms with Gasteiger partial charge in [0.05, 0.1) is 5.69 Å². The van der Waals surface area contributed by atoms with Crippen LogP contribution < -0.4 is 11.4 Å². The molecule has 0 spiro atoms. The van der Waals surface area contributed by atoms with Crippen LogP contribution in [0.5, 0.6) is 0 Å². The zero-order chi connectivity index (χ0) is 13.3. The van der Waals surface area contributed by atoms with E-state index in [1.54, 1.807) is 43.7 Å². The molecular weight excluding hydrogens is 234 g/mol. The van der Waals surface area contributed by atoms with E-state index in [1.165, 1.54) is 9.13 Å². The third kappa shape index (κ3) is 2.05. The normalized spacial score (nSPS) is 12.3. The van der Waals surface area contributed by atoms with Gasteiger partial charge in [-0.25, -0.2) is 4.79 Å². The summed E-state index contributed by atoms with van der Waals surface area (Å²) < 4.78 is 2.86. The van der Waals surface area contributed by atoms with Gasteiger partial charge in [-0.15, -0.1) is 0 Å². The number of aliphatic carboxylic acids is 1. The first-order chi connectivity index (χ1) is 8.50. The van der Waals surface area contributed by atoms with Gasteiger partial charge in [-0.1, -0.05) is 12.1 Å². The molecular formula is C12H13N3O3. The van der Waals surface area contributed by atoms with Crippen LogP contribution >= 0.6 is 0 Å². The first-order valence-corrected chi connectivity index (χ1v) is 5.33. The monoisotopic (exact) mass is 247 g/mol. The van der Waals surface area contributed by atoms with Crippen LogP contribution in [-0.2, 0) is 11.8 Å². The Morgan fingerprint density at radius 1 is 1.39 bits per heavy atom. The van der Waals surface area contributed by atoms with Crippen LogP contribution in [0, 0.1) is 0 Å². The molecule has 6 heteroatoms. The van der Waals surface area contributed by atoms with E-state index >= 15 is 0 Å². The van der Waals surface area contributed by atoms with E-state index in [0.29, 0.717) is 11.3 Å². The number of benzene rings is 1. The van der Waals surface area contributed by atoms with Crippen LogP contribution in [0.4, 0.5) is 0 Å². The quantitative estimate of drug-likeness (QED) is 0.814. The summed E-state index contributed by atoms with van der Waals surface area (Å²) in [5.41, 5.74) is 6.38. The topological polar surface area (TPSA) is 90.2 Å². The molecule has 0 saturated heterocycles. The molecule has 1 aromatic carbocycles. The first-order valence-electron chi connectivity index (χ1n) is 5.33. The van der Waals surface area contributed by atoms with Gasteiger partial charge in [0.1, 0.15) is 6.04 Å². The molecule has 0 saturated carbocycles. The average Bonchev–Trinajstić information content (AvgIpc) is 2.69. The predicted octanol–water partition coefficient (Wildman–Crippen LogP) is 0.260. The van der Waals surface area contributed by atoms with Crippen molar-refractivity contribution in [3.05, 3.63) is 52.7 Å². The summed E-state index contributed by atoms with van der Waals surface area (Å²) in [5.74, 6) is -1.10. The van der Waals surface area contributed by atoms with Crippen molar-refractivity contribution in [1.29, 1.82) is 0 Å². The summed E-state index contributed by atoms with van der Waals surface area (Å²) >= 11 is 0. The third-order valence-corrected chi connectivity index (χ3v) is 2.72. The minimum atomic E-state index is -1.10. The number of hydrogen-bond acceptors (Lipinski definition) is 3. The molecule has 0 fully saturated rings. The molecule has 1 unspecified atom stereocenters. The number of carboxylic acids is 1. The van der Waals surface area contributed by atoms with Crippen LogP contribution in [0.25, 0.3) is 5.69 Å². The zero-order valence-corrected chi connectivity index (χ0v) is 9.78. The Morgan fingerprint density at radius 3 is 2.67 bits per heavy atom. The van der Waals surface area contributed by atoms with E-state index in [1.807, 2.05) is 0 Å². The second-order valence-corrected chi connectivity index (χ2v) is 3.97. The molecule has 6 nitrogen and oxygen atoms in total. The molecule has 0 radical (unpaired) electrons. The Bertz CT molecular complexity index is 642. The maximum Gasteiger partial charge on any atom is 0.332 e. The Labute approximate surface area is 103 Å². The lowest BCUT2D eigenvalue weighted by atomic mass is 10.1. The smallest absolute Gasteiger partial charge is 0.332 e. The number of aryl methyl sites for hydroxylation is 1. The minimum Gasteiger partial charge on any atom is -0.480 e. The number of hydrogen-bond donors (Lipinski definition) is 2. The van der Waals surface area contributed by atoms with Crippen molar-refractivity contribution in [2.75, 3.05) is 0 Å². The van der Waals surface area contributed by atoms with E-state index < -0.39 is 12.0 Å². The second kappa shape index (κ2) is 4.50. The van der Waals surface area contributed by atoms with Gasteiger partial charge in [-0.2, -0.15) is 0 Å². The predicted molar refractivity (Wildman–Crippen MR) is 65.6 cm³/mol. The minimum absolute atomic E-state index is 0.198. The van der Waals surface area contributed by atoms with Gasteiger partial charge < -0.3 is 15.4 Å². The van der Waals surface area contributed by atoms with Crippen molar-refractivity contribution in [3.63, 3.8) is 0 Å². The molecule has 0 bridgehead atoms. The largest absolute Gasteiger partial charge is 0.480 e. The van der Waals surface area contributed by atoms with E-state index in [2.05, 4.69) is 0 Å². The lowest BCUT2D eigenvalue weighted by molar-refractivity contribution is -0.138. The van der Waals surface area contributed by atoms with E-state index in [4.69, 9.17) is 10.8 Å². The molecule has 94 valence electrons. The highest BCUT2D eigenvalue weighted by atomic mass is 16.4. The highest BCUT2D eigenvalue weighted by Crippen LogP contribution is 2.14. The van der Waals surface area contributed by atoms with Gasteiger partial charge >= 0.3 is 11.7 Å². The first kappa shape index (κ1) is 12.1. The van der Waals surface area contributed by atoms with Crippen LogP contribution in [0.2, 0.25) is 0 Å². The van der Waals surface area contributed by atoms with E-state index in [-0.39, 0.29) is 5.69 Å². The SMILES string of the molecule is Cn1ccn(-c2cccc(C(N)C(=O)O)c2)c1=O. The molecule has 1 atom stereocenters. The van der Waals surface area contributed by atoms with Crippen molar-refractivity contribution < 1.29 is 9.90 Å². The van der Waals surface area contributed by atoms with Gasteiger partial charge in [0.25, 0.3) is 0 Å². The summed E-state index contributed by atoms with van der Waals surface area (Å²) in [6.07, 6.45) is 3.25.